The first kappa shape index (κ1) is 14.4. The average molecular weight is 335 g/mol. The van der Waals surface area contributed by atoms with E-state index in [9.17, 15) is 4.79 Å². The van der Waals surface area contributed by atoms with Gasteiger partial charge in [0.25, 0.3) is 0 Å². The Balaban J connectivity index is 1.76. The molecule has 0 aliphatic heterocycles. The number of hydrogen-bond donors (Lipinski definition) is 2. The quantitative estimate of drug-likeness (QED) is 0.823. The summed E-state index contributed by atoms with van der Waals surface area (Å²) in [5, 5.41) is 2.78. The Morgan fingerprint density at radius 3 is 2.65 bits per heavy atom. The van der Waals surface area contributed by atoms with Crippen LogP contribution in [0.1, 0.15) is 6.42 Å². The summed E-state index contributed by atoms with van der Waals surface area (Å²) in [6, 6.07) is 14.5. The lowest BCUT2D eigenvalue weighted by atomic mass is 10.3. The van der Waals surface area contributed by atoms with Gasteiger partial charge in [0, 0.05) is 15.8 Å². The van der Waals surface area contributed by atoms with Crippen LogP contribution in [0, 0.1) is 0 Å². The van der Waals surface area contributed by atoms with E-state index >= 15 is 0 Å². The summed E-state index contributed by atoms with van der Waals surface area (Å²) in [5.74, 6) is 0.643. The molecule has 0 spiro atoms. The van der Waals surface area contributed by atoms with Crippen LogP contribution in [0.4, 0.5) is 11.4 Å². The van der Waals surface area contributed by atoms with E-state index in [2.05, 4.69) is 21.2 Å². The molecule has 0 aliphatic rings. The van der Waals surface area contributed by atoms with Gasteiger partial charge in [-0.15, -0.1) is 0 Å². The van der Waals surface area contributed by atoms with Gasteiger partial charge in [0.15, 0.2) is 0 Å². The van der Waals surface area contributed by atoms with E-state index in [0.29, 0.717) is 12.3 Å². The van der Waals surface area contributed by atoms with Crippen molar-refractivity contribution >= 4 is 33.2 Å². The van der Waals surface area contributed by atoms with Crippen LogP contribution in [0.25, 0.3) is 0 Å². The highest BCUT2D eigenvalue weighted by molar-refractivity contribution is 9.10. The van der Waals surface area contributed by atoms with Crippen LogP contribution in [-0.2, 0) is 4.79 Å². The number of ether oxygens (including phenoxy) is 1. The molecule has 0 bridgehead atoms. The molecule has 104 valence electrons. The minimum Gasteiger partial charge on any atom is -0.493 e. The largest absolute Gasteiger partial charge is 0.493 e. The van der Waals surface area contributed by atoms with Gasteiger partial charge < -0.3 is 15.8 Å². The number of nitrogens with two attached hydrogens (primary N) is 1. The van der Waals surface area contributed by atoms with Crippen LogP contribution in [0.5, 0.6) is 5.75 Å². The van der Waals surface area contributed by atoms with Crippen LogP contribution in [-0.4, -0.2) is 12.5 Å². The number of anilines is 2. The lowest BCUT2D eigenvalue weighted by Crippen LogP contribution is -2.15. The predicted molar refractivity (Wildman–Crippen MR) is 83.7 cm³/mol. The van der Waals surface area contributed by atoms with E-state index < -0.39 is 0 Å². The van der Waals surface area contributed by atoms with Crippen molar-refractivity contribution in [3.8, 4) is 5.75 Å². The van der Waals surface area contributed by atoms with Gasteiger partial charge >= 0.3 is 0 Å². The van der Waals surface area contributed by atoms with Crippen molar-refractivity contribution in [1.82, 2.24) is 0 Å². The second kappa shape index (κ2) is 6.96. The Kier molecular flexibility index (Phi) is 5.01. The molecule has 0 unspecified atom stereocenters. The molecule has 2 aromatic carbocycles. The Morgan fingerprint density at radius 2 is 1.95 bits per heavy atom. The van der Waals surface area contributed by atoms with Gasteiger partial charge in [-0.25, -0.2) is 0 Å². The number of amides is 1. The molecule has 0 aromatic heterocycles. The minimum atomic E-state index is -0.0928. The van der Waals surface area contributed by atoms with E-state index in [4.69, 9.17) is 10.5 Å². The Labute approximate surface area is 126 Å². The molecule has 5 heteroatoms. The second-order valence-corrected chi connectivity index (χ2v) is 5.14. The van der Waals surface area contributed by atoms with Crippen molar-refractivity contribution in [1.29, 1.82) is 0 Å². The highest BCUT2D eigenvalue weighted by Crippen LogP contribution is 2.18. The van der Waals surface area contributed by atoms with E-state index in [0.717, 1.165) is 15.9 Å². The van der Waals surface area contributed by atoms with Gasteiger partial charge in [0.05, 0.1) is 13.0 Å². The molecule has 0 heterocycles. The summed E-state index contributed by atoms with van der Waals surface area (Å²) in [4.78, 5) is 11.7. The molecule has 0 radical (unpaired) electrons. The van der Waals surface area contributed by atoms with Gasteiger partial charge in [-0.05, 0) is 42.5 Å². The molecule has 2 rings (SSSR count). The molecule has 1 amide bonds. The van der Waals surface area contributed by atoms with Gasteiger partial charge in [0.1, 0.15) is 5.75 Å². The maximum Gasteiger partial charge on any atom is 0.227 e. The Morgan fingerprint density at radius 1 is 1.20 bits per heavy atom. The van der Waals surface area contributed by atoms with Crippen LogP contribution >= 0.6 is 15.9 Å². The summed E-state index contributed by atoms with van der Waals surface area (Å²) in [6.07, 6.45) is 0.289. The minimum absolute atomic E-state index is 0.0928. The van der Waals surface area contributed by atoms with Gasteiger partial charge in [-0.3, -0.25) is 4.79 Å². The molecule has 0 atom stereocenters. The topological polar surface area (TPSA) is 64.3 Å². The van der Waals surface area contributed by atoms with Crippen molar-refractivity contribution < 1.29 is 9.53 Å². The summed E-state index contributed by atoms with van der Waals surface area (Å²) < 4.78 is 6.45. The molecule has 20 heavy (non-hydrogen) atoms. The standard InChI is InChI=1S/C15H15BrN2O2/c16-11-2-1-3-14(10-11)20-9-8-15(19)18-13-6-4-12(17)5-7-13/h1-7,10H,8-9,17H2,(H,18,19). The number of nitrogen functional groups attached to an aromatic ring is 1. The zero-order chi connectivity index (χ0) is 14.4. The fourth-order valence-electron chi connectivity index (χ4n) is 1.61. The highest BCUT2D eigenvalue weighted by atomic mass is 79.9. The third-order valence-electron chi connectivity index (χ3n) is 2.59. The second-order valence-electron chi connectivity index (χ2n) is 4.23. The zero-order valence-electron chi connectivity index (χ0n) is 10.8. The van der Waals surface area contributed by atoms with Crippen molar-refractivity contribution in [2.75, 3.05) is 17.7 Å². The molecule has 0 saturated carbocycles. The maximum atomic E-state index is 11.7. The van der Waals surface area contributed by atoms with Crippen LogP contribution < -0.4 is 15.8 Å². The number of benzene rings is 2. The van der Waals surface area contributed by atoms with Crippen molar-refractivity contribution in [2.24, 2.45) is 0 Å². The zero-order valence-corrected chi connectivity index (χ0v) is 12.4. The molecule has 0 aliphatic carbocycles. The number of nitrogens with one attached hydrogen (secondary N) is 1. The number of rotatable bonds is 5. The highest BCUT2D eigenvalue weighted by Gasteiger charge is 2.03. The van der Waals surface area contributed by atoms with E-state index in [1.807, 2.05) is 24.3 Å². The van der Waals surface area contributed by atoms with Gasteiger partial charge in [0.2, 0.25) is 5.91 Å². The summed E-state index contributed by atoms with van der Waals surface area (Å²) >= 11 is 3.36. The van der Waals surface area contributed by atoms with Crippen LogP contribution in [0.2, 0.25) is 0 Å². The smallest absolute Gasteiger partial charge is 0.227 e. The van der Waals surface area contributed by atoms with Gasteiger partial charge in [-0.1, -0.05) is 22.0 Å². The SMILES string of the molecule is Nc1ccc(NC(=O)CCOc2cccc(Br)c2)cc1. The maximum absolute atomic E-state index is 11.7. The van der Waals surface area contributed by atoms with E-state index in [1.165, 1.54) is 0 Å². The molecule has 2 aromatic rings. The fraction of sp³-hybridized carbons (Fsp3) is 0.133. The molecule has 3 N–H and O–H groups in total. The Hall–Kier alpha value is -2.01. The third-order valence-corrected chi connectivity index (χ3v) is 3.08. The summed E-state index contributed by atoms with van der Waals surface area (Å²) in [6.45, 7) is 0.331. The third kappa shape index (κ3) is 4.59. The molecular formula is C15H15BrN2O2. The van der Waals surface area contributed by atoms with Crippen molar-refractivity contribution in [2.45, 2.75) is 6.42 Å². The first-order valence-electron chi connectivity index (χ1n) is 6.17. The van der Waals surface area contributed by atoms with E-state index in [1.54, 1.807) is 24.3 Å². The number of carbonyl (C=O) groups excluding carboxylic acids is 1. The average Bonchev–Trinajstić information content (AvgIpc) is 2.41. The first-order valence-corrected chi connectivity index (χ1v) is 6.96. The predicted octanol–water partition coefficient (Wildman–Crippen LogP) is 3.44. The first-order chi connectivity index (χ1) is 9.63. The van der Waals surface area contributed by atoms with Crippen molar-refractivity contribution in [3.05, 3.63) is 53.0 Å². The monoisotopic (exact) mass is 334 g/mol. The fourth-order valence-corrected chi connectivity index (χ4v) is 1.99. The Bertz CT molecular complexity index is 585. The molecule has 0 saturated heterocycles. The van der Waals surface area contributed by atoms with E-state index in [-0.39, 0.29) is 12.3 Å². The number of halogens is 1. The van der Waals surface area contributed by atoms with Gasteiger partial charge in [-0.2, -0.15) is 0 Å². The molecule has 0 fully saturated rings. The van der Waals surface area contributed by atoms with Crippen molar-refractivity contribution in [3.63, 3.8) is 0 Å². The number of carbonyl (C=O) groups is 1. The molecular weight excluding hydrogens is 320 g/mol. The number of hydrogen-bond acceptors (Lipinski definition) is 3. The lowest BCUT2D eigenvalue weighted by molar-refractivity contribution is -0.116. The van der Waals surface area contributed by atoms with Crippen LogP contribution in [0.3, 0.4) is 0 Å². The molecule has 4 nitrogen and oxygen atoms in total. The van der Waals surface area contributed by atoms with Crippen LogP contribution in [0.15, 0.2) is 53.0 Å². The normalized spacial score (nSPS) is 10.1. The lowest BCUT2D eigenvalue weighted by Gasteiger charge is -2.07. The summed E-state index contributed by atoms with van der Waals surface area (Å²) in [7, 11) is 0. The summed E-state index contributed by atoms with van der Waals surface area (Å²) in [5.41, 5.74) is 6.97.